The third-order valence-corrected chi connectivity index (χ3v) is 6.39. The summed E-state index contributed by atoms with van der Waals surface area (Å²) in [6, 6.07) is 11.0. The number of aliphatic hydroxyl groups excluding tert-OH is 1. The second-order valence-corrected chi connectivity index (χ2v) is 8.57. The van der Waals surface area contributed by atoms with Crippen molar-refractivity contribution in [3.63, 3.8) is 0 Å². The van der Waals surface area contributed by atoms with Gasteiger partial charge in [0.25, 0.3) is 0 Å². The van der Waals surface area contributed by atoms with Crippen molar-refractivity contribution in [3.8, 4) is 22.6 Å². The number of hydrogen-bond acceptors (Lipinski definition) is 6. The Morgan fingerprint density at radius 3 is 2.67 bits per heavy atom. The van der Waals surface area contributed by atoms with Crippen molar-refractivity contribution in [1.82, 2.24) is 24.3 Å². The molecule has 1 aromatic carbocycles. The third kappa shape index (κ3) is 3.14. The zero-order valence-electron chi connectivity index (χ0n) is 17.9. The van der Waals surface area contributed by atoms with Crippen LogP contribution in [0.25, 0.3) is 39.1 Å². The number of aliphatic hydroxyl groups is 1. The summed E-state index contributed by atoms with van der Waals surface area (Å²) >= 11 is 0. The third-order valence-electron chi connectivity index (χ3n) is 6.39. The van der Waals surface area contributed by atoms with Gasteiger partial charge in [-0.15, -0.1) is 0 Å². The molecule has 8 heteroatoms. The largest absolute Gasteiger partial charge is 0.393 e. The standard InChI is InChI=1S/C25H21FN6O/c1-13-8-19(18-4-2-3-7-28-18)30-23-16(13)5-6-17(22(23)26)20-12-32-21(24(27)31-20)11-29-25(32)14-9-15(33)10-14/h2-8,11-12,14-15,33H,9-10H2,1H3,(H2,27,31). The number of imidazole rings is 1. The van der Waals surface area contributed by atoms with E-state index in [0.29, 0.717) is 41.0 Å². The SMILES string of the molecule is Cc1cc(-c2ccccn2)nc2c(F)c(-c3cn4c(C5CC(O)C5)ncc4c(N)n3)ccc12. The second kappa shape index (κ2) is 7.31. The first-order chi connectivity index (χ1) is 16.0. The Hall–Kier alpha value is -3.91. The van der Waals surface area contributed by atoms with Crippen molar-refractivity contribution in [2.45, 2.75) is 31.8 Å². The molecule has 33 heavy (non-hydrogen) atoms. The highest BCUT2D eigenvalue weighted by atomic mass is 19.1. The predicted molar refractivity (Wildman–Crippen MR) is 124 cm³/mol. The van der Waals surface area contributed by atoms with Gasteiger partial charge in [0.1, 0.15) is 22.7 Å². The van der Waals surface area contributed by atoms with Crippen molar-refractivity contribution in [2.24, 2.45) is 0 Å². The van der Waals surface area contributed by atoms with Gasteiger partial charge >= 0.3 is 0 Å². The molecule has 0 amide bonds. The number of hydrogen-bond donors (Lipinski definition) is 2. The van der Waals surface area contributed by atoms with Gasteiger partial charge < -0.3 is 10.8 Å². The summed E-state index contributed by atoms with van der Waals surface area (Å²) in [6.45, 7) is 1.93. The number of aryl methyl sites for hydroxylation is 1. The minimum absolute atomic E-state index is 0.142. The number of aromatic nitrogens is 5. The molecule has 0 spiro atoms. The van der Waals surface area contributed by atoms with Gasteiger partial charge in [-0.1, -0.05) is 12.1 Å². The van der Waals surface area contributed by atoms with Crippen molar-refractivity contribution < 1.29 is 9.50 Å². The minimum atomic E-state index is -0.458. The molecule has 0 unspecified atom stereocenters. The first kappa shape index (κ1) is 19.8. The fourth-order valence-corrected chi connectivity index (χ4v) is 4.54. The van der Waals surface area contributed by atoms with Gasteiger partial charge in [-0.3, -0.25) is 9.38 Å². The maximum absolute atomic E-state index is 15.9. The molecular weight excluding hydrogens is 419 g/mol. The molecule has 1 saturated carbocycles. The molecule has 164 valence electrons. The summed E-state index contributed by atoms with van der Waals surface area (Å²) in [6.07, 6.45) is 6.13. The maximum atomic E-state index is 15.9. The lowest BCUT2D eigenvalue weighted by atomic mass is 9.82. The summed E-state index contributed by atoms with van der Waals surface area (Å²) in [5.74, 6) is 0.763. The zero-order chi connectivity index (χ0) is 22.7. The van der Waals surface area contributed by atoms with Gasteiger partial charge in [0.2, 0.25) is 0 Å². The number of rotatable bonds is 3. The van der Waals surface area contributed by atoms with Crippen molar-refractivity contribution in [1.29, 1.82) is 0 Å². The monoisotopic (exact) mass is 440 g/mol. The molecule has 4 heterocycles. The van der Waals surface area contributed by atoms with Crippen LogP contribution in [0.3, 0.4) is 0 Å². The van der Waals surface area contributed by atoms with Gasteiger partial charge in [-0.05, 0) is 49.6 Å². The molecule has 0 saturated heterocycles. The molecule has 3 N–H and O–H groups in total. The Bertz CT molecular complexity index is 1530. The summed E-state index contributed by atoms with van der Waals surface area (Å²) in [5, 5.41) is 10.4. The Morgan fingerprint density at radius 2 is 1.91 bits per heavy atom. The van der Waals surface area contributed by atoms with E-state index in [-0.39, 0.29) is 23.4 Å². The van der Waals surface area contributed by atoms with E-state index < -0.39 is 5.82 Å². The lowest BCUT2D eigenvalue weighted by Gasteiger charge is -2.30. The first-order valence-corrected chi connectivity index (χ1v) is 10.8. The summed E-state index contributed by atoms with van der Waals surface area (Å²) in [4.78, 5) is 17.9. The van der Waals surface area contributed by atoms with Crippen LogP contribution < -0.4 is 5.73 Å². The number of nitrogen functional groups attached to an aromatic ring is 1. The molecule has 4 aromatic heterocycles. The number of pyridine rings is 2. The first-order valence-electron chi connectivity index (χ1n) is 10.8. The normalized spacial score (nSPS) is 18.0. The molecule has 0 radical (unpaired) electrons. The van der Waals surface area contributed by atoms with E-state index >= 15 is 4.39 Å². The van der Waals surface area contributed by atoms with E-state index in [2.05, 4.69) is 19.9 Å². The molecule has 1 aliphatic carbocycles. The molecule has 5 aromatic rings. The van der Waals surface area contributed by atoms with E-state index in [1.54, 1.807) is 24.7 Å². The van der Waals surface area contributed by atoms with Crippen LogP contribution in [0.15, 0.2) is 55.0 Å². The van der Waals surface area contributed by atoms with E-state index in [9.17, 15) is 5.11 Å². The number of nitrogens with two attached hydrogens (primary N) is 1. The van der Waals surface area contributed by atoms with E-state index in [4.69, 9.17) is 5.73 Å². The highest BCUT2D eigenvalue weighted by molar-refractivity contribution is 5.89. The Balaban J connectivity index is 1.52. The van der Waals surface area contributed by atoms with Gasteiger partial charge in [-0.25, -0.2) is 19.3 Å². The number of fused-ring (bicyclic) bond motifs is 2. The van der Waals surface area contributed by atoms with Crippen LogP contribution in [0.2, 0.25) is 0 Å². The Labute approximate surface area is 188 Å². The predicted octanol–water partition coefficient (Wildman–Crippen LogP) is 4.27. The van der Waals surface area contributed by atoms with Crippen LogP contribution in [-0.2, 0) is 0 Å². The van der Waals surface area contributed by atoms with Crippen LogP contribution >= 0.6 is 0 Å². The molecule has 7 nitrogen and oxygen atoms in total. The quantitative estimate of drug-likeness (QED) is 0.434. The van der Waals surface area contributed by atoms with Crippen LogP contribution in [0, 0.1) is 12.7 Å². The summed E-state index contributed by atoms with van der Waals surface area (Å²) < 4.78 is 17.7. The van der Waals surface area contributed by atoms with E-state index in [1.165, 1.54) is 0 Å². The van der Waals surface area contributed by atoms with Crippen molar-refractivity contribution in [3.05, 3.63) is 72.2 Å². The van der Waals surface area contributed by atoms with Crippen LogP contribution in [0.5, 0.6) is 0 Å². The highest BCUT2D eigenvalue weighted by Crippen LogP contribution is 2.38. The van der Waals surface area contributed by atoms with Crippen LogP contribution in [0.1, 0.15) is 30.1 Å². The van der Waals surface area contributed by atoms with Crippen molar-refractivity contribution >= 4 is 22.2 Å². The Morgan fingerprint density at radius 1 is 1.06 bits per heavy atom. The molecule has 1 fully saturated rings. The van der Waals surface area contributed by atoms with Crippen LogP contribution in [-0.4, -0.2) is 35.5 Å². The molecule has 1 aliphatic rings. The fourth-order valence-electron chi connectivity index (χ4n) is 4.54. The van der Waals surface area contributed by atoms with Crippen LogP contribution in [0.4, 0.5) is 10.2 Å². The summed E-state index contributed by atoms with van der Waals surface area (Å²) in [7, 11) is 0. The van der Waals surface area contributed by atoms with Gasteiger partial charge in [0, 0.05) is 29.3 Å². The zero-order valence-corrected chi connectivity index (χ0v) is 17.9. The lowest BCUT2D eigenvalue weighted by Crippen LogP contribution is -2.28. The number of benzene rings is 1. The maximum Gasteiger partial charge on any atom is 0.158 e. The highest BCUT2D eigenvalue weighted by Gasteiger charge is 2.32. The fraction of sp³-hybridized carbons (Fsp3) is 0.200. The molecule has 0 atom stereocenters. The molecule has 0 bridgehead atoms. The molecule has 6 rings (SSSR count). The smallest absolute Gasteiger partial charge is 0.158 e. The average molecular weight is 440 g/mol. The molecular formula is C25H21FN6O. The lowest BCUT2D eigenvalue weighted by molar-refractivity contribution is 0.0715. The van der Waals surface area contributed by atoms with E-state index in [0.717, 1.165) is 16.8 Å². The molecule has 0 aliphatic heterocycles. The number of halogens is 1. The van der Waals surface area contributed by atoms with Gasteiger partial charge in [0.15, 0.2) is 5.82 Å². The van der Waals surface area contributed by atoms with Gasteiger partial charge in [0.05, 0.1) is 29.4 Å². The van der Waals surface area contributed by atoms with Crippen molar-refractivity contribution in [2.75, 3.05) is 5.73 Å². The summed E-state index contributed by atoms with van der Waals surface area (Å²) in [5.41, 5.74) is 10.1. The van der Waals surface area contributed by atoms with E-state index in [1.807, 2.05) is 41.7 Å². The Kier molecular flexibility index (Phi) is 4.38. The second-order valence-electron chi connectivity index (χ2n) is 8.57. The average Bonchev–Trinajstić information content (AvgIpc) is 3.22. The minimum Gasteiger partial charge on any atom is -0.393 e. The topological polar surface area (TPSA) is 102 Å². The number of nitrogens with zero attached hydrogens (tertiary/aromatic N) is 5. The number of anilines is 1. The van der Waals surface area contributed by atoms with Gasteiger partial charge in [-0.2, -0.15) is 0 Å².